The highest BCUT2D eigenvalue weighted by Crippen LogP contribution is 2.49. The van der Waals surface area contributed by atoms with E-state index in [1.165, 1.54) is 0 Å². The van der Waals surface area contributed by atoms with E-state index in [9.17, 15) is 4.79 Å². The molecule has 5 rings (SSSR count). The molecule has 0 amide bonds. The van der Waals surface area contributed by atoms with Crippen LogP contribution in [0.15, 0.2) is 51.8 Å². The van der Waals surface area contributed by atoms with Gasteiger partial charge in [0.2, 0.25) is 0 Å². The first kappa shape index (κ1) is 19.1. The van der Waals surface area contributed by atoms with Gasteiger partial charge in [0.05, 0.1) is 6.61 Å². The van der Waals surface area contributed by atoms with Crippen molar-refractivity contribution in [2.45, 2.75) is 38.5 Å². The highest BCUT2D eigenvalue weighted by Gasteiger charge is 2.46. The van der Waals surface area contributed by atoms with Gasteiger partial charge >= 0.3 is 0 Å². The molecule has 1 fully saturated rings. The van der Waals surface area contributed by atoms with Gasteiger partial charge in [-0.1, -0.05) is 35.9 Å². The Morgan fingerprint density at radius 2 is 2.03 bits per heavy atom. The fourth-order valence-corrected chi connectivity index (χ4v) is 5.52. The molecule has 152 valence electrons. The number of carbonyl (C=O) groups excluding carboxylic acids is 1. The molecule has 2 aliphatic carbocycles. The Morgan fingerprint density at radius 1 is 1.24 bits per heavy atom. The summed E-state index contributed by atoms with van der Waals surface area (Å²) in [5, 5.41) is 6.99. The summed E-state index contributed by atoms with van der Waals surface area (Å²) in [5.41, 5.74) is 4.73. The summed E-state index contributed by atoms with van der Waals surface area (Å²) in [4.78, 5) is 13.4. The van der Waals surface area contributed by atoms with E-state index in [4.69, 9.17) is 4.74 Å². The number of rotatable bonds is 3. The largest absolute Gasteiger partial charge is 0.493 e. The minimum absolute atomic E-state index is 0.141. The minimum atomic E-state index is -0.267. The van der Waals surface area contributed by atoms with Crippen molar-refractivity contribution >= 4 is 21.7 Å². The number of fused-ring (bicyclic) bond motifs is 3. The Labute approximate surface area is 180 Å². The average Bonchev–Trinajstić information content (AvgIpc) is 3.11. The summed E-state index contributed by atoms with van der Waals surface area (Å²) in [6, 6.07) is 6.03. The zero-order valence-corrected chi connectivity index (χ0v) is 18.6. The number of hydrogen-bond acceptors (Lipinski definition) is 4. The lowest BCUT2D eigenvalue weighted by Gasteiger charge is -2.34. The summed E-state index contributed by atoms with van der Waals surface area (Å²) in [5.74, 6) is 1.77. The van der Waals surface area contributed by atoms with Gasteiger partial charge in [0, 0.05) is 38.3 Å². The third-order valence-electron chi connectivity index (χ3n) is 6.83. The van der Waals surface area contributed by atoms with Crippen LogP contribution < -0.4 is 15.4 Å². The van der Waals surface area contributed by atoms with Crippen LogP contribution in [0.3, 0.4) is 0 Å². The van der Waals surface area contributed by atoms with Crippen LogP contribution in [0.5, 0.6) is 5.75 Å². The lowest BCUT2D eigenvalue weighted by Crippen LogP contribution is -2.34. The second kappa shape index (κ2) is 7.13. The molecule has 2 heterocycles. The maximum atomic E-state index is 13.4. The molecule has 0 spiro atoms. The average molecular weight is 455 g/mol. The standard InChI is InChI=1S/C24H27BrN2O2/c1-24(2)19-12-16(29-13-14-7-9-26-10-8-14)4-6-17(19)22(28)21-18-5-3-15(25)11-20(18)27-23(21)24/h3-4,6,11-12,14,18,26-27H,5,7-10,13H2,1-2H3. The Hall–Kier alpha value is -1.85. The number of nitrogens with one attached hydrogen (secondary N) is 2. The monoisotopic (exact) mass is 454 g/mol. The molecule has 1 aromatic rings. The van der Waals surface area contributed by atoms with Crippen LogP contribution in [0.2, 0.25) is 0 Å². The van der Waals surface area contributed by atoms with E-state index in [1.807, 2.05) is 12.1 Å². The van der Waals surface area contributed by atoms with Gasteiger partial charge in [0.25, 0.3) is 0 Å². The van der Waals surface area contributed by atoms with Gasteiger partial charge in [0.15, 0.2) is 5.78 Å². The van der Waals surface area contributed by atoms with Gasteiger partial charge in [-0.25, -0.2) is 0 Å². The molecule has 1 aromatic carbocycles. The number of Topliss-reactive ketones (excluding diaryl/α,β-unsaturated/α-hetero) is 1. The van der Waals surface area contributed by atoms with Gasteiger partial charge in [-0.05, 0) is 68.1 Å². The Kier molecular flexibility index (Phi) is 4.71. The van der Waals surface area contributed by atoms with E-state index in [0.29, 0.717) is 5.92 Å². The smallest absolute Gasteiger partial charge is 0.191 e. The Balaban J connectivity index is 1.44. The molecule has 29 heavy (non-hydrogen) atoms. The molecule has 5 heteroatoms. The molecular formula is C24H27BrN2O2. The fraction of sp³-hybridized carbons (Fsp3) is 0.458. The summed E-state index contributed by atoms with van der Waals surface area (Å²) in [7, 11) is 0. The molecule has 1 atom stereocenters. The molecule has 0 radical (unpaired) electrons. The molecule has 0 saturated carbocycles. The first-order chi connectivity index (χ1) is 13.9. The van der Waals surface area contributed by atoms with Crippen molar-refractivity contribution in [2.75, 3.05) is 19.7 Å². The topological polar surface area (TPSA) is 50.4 Å². The highest BCUT2D eigenvalue weighted by molar-refractivity contribution is 9.11. The summed E-state index contributed by atoms with van der Waals surface area (Å²) >= 11 is 3.58. The van der Waals surface area contributed by atoms with Gasteiger partial charge < -0.3 is 15.4 Å². The third kappa shape index (κ3) is 3.19. The van der Waals surface area contributed by atoms with Crippen LogP contribution in [0.4, 0.5) is 0 Å². The minimum Gasteiger partial charge on any atom is -0.493 e. The van der Waals surface area contributed by atoms with Crippen LogP contribution >= 0.6 is 15.9 Å². The van der Waals surface area contributed by atoms with Gasteiger partial charge in [-0.3, -0.25) is 4.79 Å². The molecule has 0 aromatic heterocycles. The predicted octanol–water partition coefficient (Wildman–Crippen LogP) is 4.58. The van der Waals surface area contributed by atoms with E-state index in [1.54, 1.807) is 0 Å². The summed E-state index contributed by atoms with van der Waals surface area (Å²) in [6.07, 6.45) is 7.44. The summed E-state index contributed by atoms with van der Waals surface area (Å²) in [6.45, 7) is 7.31. The highest BCUT2D eigenvalue weighted by atomic mass is 79.9. The zero-order valence-electron chi connectivity index (χ0n) is 17.0. The van der Waals surface area contributed by atoms with Crippen LogP contribution in [0, 0.1) is 11.8 Å². The fourth-order valence-electron chi connectivity index (χ4n) is 5.08. The number of allylic oxidation sites excluding steroid dienone is 5. The van der Waals surface area contributed by atoms with Gasteiger partial charge in [-0.2, -0.15) is 0 Å². The molecule has 4 aliphatic rings. The third-order valence-corrected chi connectivity index (χ3v) is 7.38. The zero-order chi connectivity index (χ0) is 20.2. The number of hydrogen-bond donors (Lipinski definition) is 2. The first-order valence-electron chi connectivity index (χ1n) is 10.6. The van der Waals surface area contributed by atoms with E-state index in [0.717, 1.165) is 77.3 Å². The maximum absolute atomic E-state index is 13.4. The van der Waals surface area contributed by atoms with Gasteiger partial charge in [0.1, 0.15) is 5.75 Å². The molecule has 2 N–H and O–H groups in total. The second-order valence-corrected chi connectivity index (χ2v) is 9.97. The predicted molar refractivity (Wildman–Crippen MR) is 118 cm³/mol. The van der Waals surface area contributed by atoms with Crippen LogP contribution in [-0.2, 0) is 5.41 Å². The van der Waals surface area contributed by atoms with Crippen molar-refractivity contribution < 1.29 is 9.53 Å². The SMILES string of the molecule is CC1(C)C2=C(C(=O)c3ccc(OCC4CCNCC4)cc31)C1CC=C(Br)C=C1N2. The molecule has 0 bridgehead atoms. The lowest BCUT2D eigenvalue weighted by atomic mass is 9.70. The first-order valence-corrected chi connectivity index (χ1v) is 11.4. The van der Waals surface area contributed by atoms with Crippen molar-refractivity contribution in [3.05, 3.63) is 62.9 Å². The van der Waals surface area contributed by atoms with Crippen LogP contribution in [-0.4, -0.2) is 25.5 Å². The molecule has 1 saturated heterocycles. The molecule has 4 nitrogen and oxygen atoms in total. The van der Waals surface area contributed by atoms with E-state index >= 15 is 0 Å². The number of benzene rings is 1. The van der Waals surface area contributed by atoms with Crippen molar-refractivity contribution in [3.8, 4) is 5.75 Å². The molecular weight excluding hydrogens is 428 g/mol. The van der Waals surface area contributed by atoms with E-state index in [-0.39, 0.29) is 17.1 Å². The number of ether oxygens (including phenoxy) is 1. The van der Waals surface area contributed by atoms with Crippen molar-refractivity contribution in [3.63, 3.8) is 0 Å². The molecule has 1 unspecified atom stereocenters. The number of ketones is 1. The normalized spacial score (nSPS) is 25.5. The Morgan fingerprint density at radius 3 is 2.83 bits per heavy atom. The molecule has 2 aliphatic heterocycles. The maximum Gasteiger partial charge on any atom is 0.191 e. The van der Waals surface area contributed by atoms with Crippen molar-refractivity contribution in [1.82, 2.24) is 10.6 Å². The van der Waals surface area contributed by atoms with E-state index in [2.05, 4.69) is 58.6 Å². The van der Waals surface area contributed by atoms with Crippen LogP contribution in [0.25, 0.3) is 0 Å². The number of carbonyl (C=O) groups is 1. The van der Waals surface area contributed by atoms with E-state index < -0.39 is 0 Å². The Bertz CT molecular complexity index is 967. The number of halogens is 1. The van der Waals surface area contributed by atoms with Crippen molar-refractivity contribution in [2.24, 2.45) is 11.8 Å². The number of piperidine rings is 1. The van der Waals surface area contributed by atoms with Gasteiger partial charge in [-0.15, -0.1) is 0 Å². The lowest BCUT2D eigenvalue weighted by molar-refractivity contribution is 0.101. The summed E-state index contributed by atoms with van der Waals surface area (Å²) < 4.78 is 7.24. The van der Waals surface area contributed by atoms with Crippen LogP contribution in [0.1, 0.15) is 49.0 Å². The second-order valence-electron chi connectivity index (χ2n) is 9.06. The quantitative estimate of drug-likeness (QED) is 0.701. The van der Waals surface area contributed by atoms with Crippen molar-refractivity contribution in [1.29, 1.82) is 0 Å².